The Morgan fingerprint density at radius 3 is 2.43 bits per heavy atom. The van der Waals surface area contributed by atoms with Crippen LogP contribution in [0.2, 0.25) is 5.02 Å². The number of nitro benzene ring substituents is 1. The van der Waals surface area contributed by atoms with E-state index in [9.17, 15) is 10.1 Å². The Hall–Kier alpha value is -1.58. The fourth-order valence-corrected chi connectivity index (χ4v) is 2.79. The molecule has 0 saturated heterocycles. The number of rotatable bonds is 5. The van der Waals surface area contributed by atoms with Crippen LogP contribution in [0.15, 0.2) is 48.5 Å². The SMILES string of the molecule is CC(Cc1c(Cl)cccc1[N+](=O)[O-])C(Cl)c1ccccc1. The first-order chi connectivity index (χ1) is 10.0. The van der Waals surface area contributed by atoms with Gasteiger partial charge < -0.3 is 0 Å². The number of nitrogens with zero attached hydrogens (tertiary/aromatic N) is 1. The summed E-state index contributed by atoms with van der Waals surface area (Å²) in [7, 11) is 0. The fourth-order valence-electron chi connectivity index (χ4n) is 2.31. The summed E-state index contributed by atoms with van der Waals surface area (Å²) < 4.78 is 0. The molecule has 0 aliphatic rings. The molecule has 2 rings (SSSR count). The maximum atomic E-state index is 11.1. The molecule has 5 heteroatoms. The van der Waals surface area contributed by atoms with E-state index in [1.807, 2.05) is 37.3 Å². The van der Waals surface area contributed by atoms with E-state index >= 15 is 0 Å². The monoisotopic (exact) mass is 323 g/mol. The second kappa shape index (κ2) is 6.92. The largest absolute Gasteiger partial charge is 0.274 e. The van der Waals surface area contributed by atoms with E-state index in [4.69, 9.17) is 23.2 Å². The average Bonchev–Trinajstić information content (AvgIpc) is 2.49. The fraction of sp³-hybridized carbons (Fsp3) is 0.250. The summed E-state index contributed by atoms with van der Waals surface area (Å²) in [5, 5.41) is 11.3. The molecule has 0 spiro atoms. The zero-order valence-corrected chi connectivity index (χ0v) is 13.0. The van der Waals surface area contributed by atoms with Crippen molar-refractivity contribution in [3.8, 4) is 0 Å². The van der Waals surface area contributed by atoms with Crippen LogP contribution in [0.4, 0.5) is 5.69 Å². The summed E-state index contributed by atoms with van der Waals surface area (Å²) in [5.41, 5.74) is 1.59. The van der Waals surface area contributed by atoms with Crippen molar-refractivity contribution in [3.05, 3.63) is 74.8 Å². The molecule has 0 fully saturated rings. The lowest BCUT2D eigenvalue weighted by Gasteiger charge is -2.19. The minimum Gasteiger partial charge on any atom is -0.258 e. The van der Waals surface area contributed by atoms with Crippen LogP contribution in [0.3, 0.4) is 0 Å². The quantitative estimate of drug-likeness (QED) is 0.419. The van der Waals surface area contributed by atoms with Gasteiger partial charge in [0.15, 0.2) is 0 Å². The van der Waals surface area contributed by atoms with Crippen molar-refractivity contribution in [2.75, 3.05) is 0 Å². The van der Waals surface area contributed by atoms with Crippen molar-refractivity contribution in [3.63, 3.8) is 0 Å². The molecule has 2 atom stereocenters. The third-order valence-corrected chi connectivity index (χ3v) is 4.47. The molecule has 0 bridgehead atoms. The molecule has 2 unspecified atom stereocenters. The predicted molar refractivity (Wildman–Crippen MR) is 86.0 cm³/mol. The van der Waals surface area contributed by atoms with Gasteiger partial charge in [-0.25, -0.2) is 0 Å². The van der Waals surface area contributed by atoms with Gasteiger partial charge in [0, 0.05) is 11.6 Å². The molecule has 2 aromatic carbocycles. The Labute approximate surface area is 133 Å². The number of hydrogen-bond donors (Lipinski definition) is 0. The predicted octanol–water partition coefficient (Wildman–Crippen LogP) is 5.41. The van der Waals surface area contributed by atoms with E-state index in [1.54, 1.807) is 12.1 Å². The van der Waals surface area contributed by atoms with Crippen molar-refractivity contribution in [2.45, 2.75) is 18.7 Å². The first-order valence-corrected chi connectivity index (χ1v) is 7.43. The van der Waals surface area contributed by atoms with Gasteiger partial charge in [0.05, 0.1) is 15.3 Å². The van der Waals surface area contributed by atoms with Gasteiger partial charge in [-0.15, -0.1) is 11.6 Å². The van der Waals surface area contributed by atoms with Crippen LogP contribution in [-0.4, -0.2) is 4.92 Å². The second-order valence-electron chi connectivity index (χ2n) is 4.99. The van der Waals surface area contributed by atoms with Crippen molar-refractivity contribution in [1.29, 1.82) is 0 Å². The second-order valence-corrected chi connectivity index (χ2v) is 5.87. The van der Waals surface area contributed by atoms with Gasteiger partial charge in [0.1, 0.15) is 0 Å². The summed E-state index contributed by atoms with van der Waals surface area (Å²) in [6.45, 7) is 1.97. The van der Waals surface area contributed by atoms with Gasteiger partial charge in [0.25, 0.3) is 5.69 Å². The number of halogens is 2. The van der Waals surface area contributed by atoms with Gasteiger partial charge in [-0.2, -0.15) is 0 Å². The Morgan fingerprint density at radius 1 is 1.14 bits per heavy atom. The van der Waals surface area contributed by atoms with Gasteiger partial charge >= 0.3 is 0 Å². The molecule has 0 amide bonds. The van der Waals surface area contributed by atoms with Crippen LogP contribution in [0.25, 0.3) is 0 Å². The number of benzene rings is 2. The van der Waals surface area contributed by atoms with Crippen LogP contribution in [0, 0.1) is 16.0 Å². The summed E-state index contributed by atoms with van der Waals surface area (Å²) in [5.74, 6) is 0.0210. The smallest absolute Gasteiger partial charge is 0.258 e. The normalized spacial score (nSPS) is 13.7. The van der Waals surface area contributed by atoms with Crippen molar-refractivity contribution in [1.82, 2.24) is 0 Å². The van der Waals surface area contributed by atoms with Crippen molar-refractivity contribution < 1.29 is 4.92 Å². The van der Waals surface area contributed by atoms with E-state index < -0.39 is 4.92 Å². The molecule has 0 aromatic heterocycles. The van der Waals surface area contributed by atoms with Crippen LogP contribution in [0.1, 0.15) is 23.4 Å². The molecular formula is C16H15Cl2NO2. The average molecular weight is 324 g/mol. The molecule has 21 heavy (non-hydrogen) atoms. The third-order valence-electron chi connectivity index (χ3n) is 3.43. The first kappa shape index (κ1) is 15.8. The van der Waals surface area contributed by atoms with Gasteiger partial charge in [-0.1, -0.05) is 54.9 Å². The Bertz CT molecular complexity index is 631. The van der Waals surface area contributed by atoms with Gasteiger partial charge in [-0.05, 0) is 24.0 Å². The highest BCUT2D eigenvalue weighted by Crippen LogP contribution is 2.35. The van der Waals surface area contributed by atoms with Crippen molar-refractivity contribution >= 4 is 28.9 Å². The summed E-state index contributed by atoms with van der Waals surface area (Å²) in [6, 6.07) is 14.4. The standard InChI is InChI=1S/C16H15Cl2NO2/c1-11(16(18)12-6-3-2-4-7-12)10-13-14(17)8-5-9-15(13)19(20)21/h2-9,11,16H,10H2,1H3. The first-order valence-electron chi connectivity index (χ1n) is 6.61. The molecule has 0 radical (unpaired) electrons. The van der Waals surface area contributed by atoms with E-state index in [0.29, 0.717) is 17.0 Å². The lowest BCUT2D eigenvalue weighted by molar-refractivity contribution is -0.385. The number of nitro groups is 1. The molecule has 0 heterocycles. The minimum absolute atomic E-state index is 0.0210. The lowest BCUT2D eigenvalue weighted by atomic mass is 9.93. The van der Waals surface area contributed by atoms with Gasteiger partial charge in [-0.3, -0.25) is 10.1 Å². The van der Waals surface area contributed by atoms with E-state index in [-0.39, 0.29) is 17.0 Å². The molecule has 0 aliphatic heterocycles. The molecule has 3 nitrogen and oxygen atoms in total. The summed E-state index contributed by atoms with van der Waals surface area (Å²) in [4.78, 5) is 10.7. The number of hydrogen-bond acceptors (Lipinski definition) is 2. The zero-order valence-electron chi connectivity index (χ0n) is 11.5. The molecule has 2 aromatic rings. The molecule has 0 N–H and O–H groups in total. The summed E-state index contributed by atoms with van der Waals surface area (Å²) >= 11 is 12.6. The number of alkyl halides is 1. The zero-order chi connectivity index (χ0) is 15.4. The Kier molecular flexibility index (Phi) is 5.21. The summed E-state index contributed by atoms with van der Waals surface area (Å²) in [6.07, 6.45) is 0.457. The Balaban J connectivity index is 2.24. The van der Waals surface area contributed by atoms with E-state index in [2.05, 4.69) is 0 Å². The molecule has 0 saturated carbocycles. The molecule has 0 aliphatic carbocycles. The van der Waals surface area contributed by atoms with Gasteiger partial charge in [0.2, 0.25) is 0 Å². The highest BCUT2D eigenvalue weighted by Gasteiger charge is 2.23. The van der Waals surface area contributed by atoms with Crippen LogP contribution < -0.4 is 0 Å². The van der Waals surface area contributed by atoms with E-state index in [1.165, 1.54) is 6.07 Å². The maximum absolute atomic E-state index is 11.1. The highest BCUT2D eigenvalue weighted by molar-refractivity contribution is 6.31. The third kappa shape index (κ3) is 3.74. The highest BCUT2D eigenvalue weighted by atomic mass is 35.5. The Morgan fingerprint density at radius 2 is 1.81 bits per heavy atom. The maximum Gasteiger partial charge on any atom is 0.274 e. The van der Waals surface area contributed by atoms with Crippen LogP contribution >= 0.6 is 23.2 Å². The van der Waals surface area contributed by atoms with Crippen LogP contribution in [0.5, 0.6) is 0 Å². The lowest BCUT2D eigenvalue weighted by Crippen LogP contribution is -2.09. The van der Waals surface area contributed by atoms with Crippen molar-refractivity contribution in [2.24, 2.45) is 5.92 Å². The topological polar surface area (TPSA) is 43.1 Å². The minimum atomic E-state index is -0.403. The molecular weight excluding hydrogens is 309 g/mol. The molecule has 110 valence electrons. The van der Waals surface area contributed by atoms with Crippen LogP contribution in [-0.2, 0) is 6.42 Å². The van der Waals surface area contributed by atoms with E-state index in [0.717, 1.165) is 5.56 Å².